The van der Waals surface area contributed by atoms with Gasteiger partial charge < -0.3 is 11.1 Å². The van der Waals surface area contributed by atoms with E-state index in [0.29, 0.717) is 19.5 Å². The van der Waals surface area contributed by atoms with Gasteiger partial charge in [-0.2, -0.15) is 5.10 Å². The van der Waals surface area contributed by atoms with Crippen LogP contribution in [0.1, 0.15) is 33.1 Å². The van der Waals surface area contributed by atoms with Gasteiger partial charge in [-0.1, -0.05) is 13.8 Å². The average Bonchev–Trinajstić information content (AvgIpc) is 2.86. The monoisotopic (exact) mass is 238 g/mol. The Morgan fingerprint density at radius 3 is 2.71 bits per heavy atom. The summed E-state index contributed by atoms with van der Waals surface area (Å²) in [6, 6.07) is 1.84. The minimum absolute atomic E-state index is 0.0252. The highest BCUT2D eigenvalue weighted by atomic mass is 16.1. The van der Waals surface area contributed by atoms with Gasteiger partial charge in [0.2, 0.25) is 5.91 Å². The standard InChI is InChI=1S/C12H22N4O/c1-3-12(13,4-2)10-14-11(17)6-9-16-8-5-7-15-16/h5,7-8H,3-4,6,9-10,13H2,1-2H3,(H,14,17). The molecule has 3 N–H and O–H groups in total. The highest BCUT2D eigenvalue weighted by molar-refractivity contribution is 5.75. The van der Waals surface area contributed by atoms with Crippen molar-refractivity contribution in [1.82, 2.24) is 15.1 Å². The summed E-state index contributed by atoms with van der Waals surface area (Å²) in [5.41, 5.74) is 5.83. The Bertz CT molecular complexity index is 330. The van der Waals surface area contributed by atoms with Gasteiger partial charge in [0.05, 0.1) is 0 Å². The van der Waals surface area contributed by atoms with Crippen LogP contribution < -0.4 is 11.1 Å². The number of aryl methyl sites for hydroxylation is 1. The molecule has 1 heterocycles. The molecule has 0 atom stereocenters. The van der Waals surface area contributed by atoms with Crippen LogP contribution in [-0.2, 0) is 11.3 Å². The van der Waals surface area contributed by atoms with Gasteiger partial charge in [0.15, 0.2) is 0 Å². The second-order valence-electron chi connectivity index (χ2n) is 4.37. The van der Waals surface area contributed by atoms with Gasteiger partial charge in [-0.15, -0.1) is 0 Å². The first-order valence-corrected chi connectivity index (χ1v) is 6.12. The Morgan fingerprint density at radius 2 is 2.18 bits per heavy atom. The molecule has 0 spiro atoms. The molecule has 5 heteroatoms. The number of carbonyl (C=O) groups excluding carboxylic acids is 1. The lowest BCUT2D eigenvalue weighted by Crippen LogP contribution is -2.49. The van der Waals surface area contributed by atoms with Crippen LogP contribution >= 0.6 is 0 Å². The average molecular weight is 238 g/mol. The predicted octanol–water partition coefficient (Wildman–Crippen LogP) is 0.907. The Balaban J connectivity index is 2.26. The molecule has 5 nitrogen and oxygen atoms in total. The molecule has 0 aliphatic carbocycles. The molecule has 0 saturated heterocycles. The van der Waals surface area contributed by atoms with Crippen LogP contribution in [0.4, 0.5) is 0 Å². The topological polar surface area (TPSA) is 72.9 Å². The lowest BCUT2D eigenvalue weighted by atomic mass is 9.94. The summed E-state index contributed by atoms with van der Waals surface area (Å²) >= 11 is 0. The molecule has 1 aromatic heterocycles. The van der Waals surface area contributed by atoms with E-state index < -0.39 is 0 Å². The van der Waals surface area contributed by atoms with E-state index in [1.54, 1.807) is 10.9 Å². The van der Waals surface area contributed by atoms with Gasteiger partial charge in [0.25, 0.3) is 0 Å². The maximum Gasteiger partial charge on any atom is 0.221 e. The fraction of sp³-hybridized carbons (Fsp3) is 0.667. The van der Waals surface area contributed by atoms with Crippen molar-refractivity contribution >= 4 is 5.91 Å². The number of nitrogens with two attached hydrogens (primary N) is 1. The molecule has 0 aliphatic rings. The Labute approximate surface area is 102 Å². The number of nitrogens with zero attached hydrogens (tertiary/aromatic N) is 2. The van der Waals surface area contributed by atoms with E-state index in [2.05, 4.69) is 10.4 Å². The number of aromatic nitrogens is 2. The third-order valence-electron chi connectivity index (χ3n) is 3.17. The maximum atomic E-state index is 11.6. The molecular formula is C12H22N4O. The van der Waals surface area contributed by atoms with Gasteiger partial charge in [-0.25, -0.2) is 0 Å². The van der Waals surface area contributed by atoms with Crippen molar-refractivity contribution in [3.05, 3.63) is 18.5 Å². The van der Waals surface area contributed by atoms with Gasteiger partial charge >= 0.3 is 0 Å². The van der Waals surface area contributed by atoms with E-state index >= 15 is 0 Å². The van der Waals surface area contributed by atoms with Gasteiger partial charge in [-0.05, 0) is 18.9 Å². The van der Waals surface area contributed by atoms with E-state index in [-0.39, 0.29) is 11.4 Å². The Morgan fingerprint density at radius 1 is 1.47 bits per heavy atom. The normalized spacial score (nSPS) is 11.5. The number of carbonyl (C=O) groups is 1. The summed E-state index contributed by atoms with van der Waals surface area (Å²) in [6.45, 7) is 5.23. The lowest BCUT2D eigenvalue weighted by Gasteiger charge is -2.26. The summed E-state index contributed by atoms with van der Waals surface area (Å²) in [5.74, 6) is 0.0252. The quantitative estimate of drug-likeness (QED) is 0.741. The van der Waals surface area contributed by atoms with E-state index in [4.69, 9.17) is 5.73 Å². The molecule has 1 aromatic rings. The van der Waals surface area contributed by atoms with Crippen LogP contribution in [0.3, 0.4) is 0 Å². The second-order valence-corrected chi connectivity index (χ2v) is 4.37. The second kappa shape index (κ2) is 6.39. The van der Waals surface area contributed by atoms with Crippen LogP contribution in [0.2, 0.25) is 0 Å². The summed E-state index contributed by atoms with van der Waals surface area (Å²) in [7, 11) is 0. The van der Waals surface area contributed by atoms with Crippen molar-refractivity contribution in [3.63, 3.8) is 0 Å². The van der Waals surface area contributed by atoms with Crippen LogP contribution in [-0.4, -0.2) is 27.8 Å². The zero-order valence-electron chi connectivity index (χ0n) is 10.6. The Hall–Kier alpha value is -1.36. The van der Waals surface area contributed by atoms with E-state index in [1.165, 1.54) is 0 Å². The number of nitrogens with one attached hydrogen (secondary N) is 1. The third-order valence-corrected chi connectivity index (χ3v) is 3.17. The largest absolute Gasteiger partial charge is 0.354 e. The zero-order chi connectivity index (χ0) is 12.7. The van der Waals surface area contributed by atoms with Crippen molar-refractivity contribution in [1.29, 1.82) is 0 Å². The summed E-state index contributed by atoms with van der Waals surface area (Å²) < 4.78 is 1.74. The fourth-order valence-electron chi connectivity index (χ4n) is 1.51. The minimum atomic E-state index is -0.276. The van der Waals surface area contributed by atoms with Crippen molar-refractivity contribution in [2.75, 3.05) is 6.54 Å². The first-order valence-electron chi connectivity index (χ1n) is 6.12. The molecule has 0 radical (unpaired) electrons. The number of rotatable bonds is 7. The summed E-state index contributed by atoms with van der Waals surface area (Å²) in [6.07, 6.45) is 5.71. The highest BCUT2D eigenvalue weighted by Crippen LogP contribution is 2.09. The number of hydrogen-bond donors (Lipinski definition) is 2. The third kappa shape index (κ3) is 4.56. The number of amides is 1. The molecule has 0 unspecified atom stereocenters. The highest BCUT2D eigenvalue weighted by Gasteiger charge is 2.20. The molecule has 1 amide bonds. The first-order chi connectivity index (χ1) is 8.09. The Kier molecular flexibility index (Phi) is 5.15. The van der Waals surface area contributed by atoms with Crippen molar-refractivity contribution in [3.8, 4) is 0 Å². The molecule has 0 saturated carbocycles. The van der Waals surface area contributed by atoms with E-state index in [9.17, 15) is 4.79 Å². The predicted molar refractivity (Wildman–Crippen MR) is 67.4 cm³/mol. The van der Waals surface area contributed by atoms with Crippen LogP contribution in [0.25, 0.3) is 0 Å². The van der Waals surface area contributed by atoms with Crippen LogP contribution in [0, 0.1) is 0 Å². The molecular weight excluding hydrogens is 216 g/mol. The first kappa shape index (κ1) is 13.7. The van der Waals surface area contributed by atoms with E-state index in [1.807, 2.05) is 26.1 Å². The lowest BCUT2D eigenvalue weighted by molar-refractivity contribution is -0.121. The molecule has 1 rings (SSSR count). The van der Waals surface area contributed by atoms with Crippen molar-refractivity contribution in [2.45, 2.75) is 45.2 Å². The minimum Gasteiger partial charge on any atom is -0.354 e. The molecule has 96 valence electrons. The zero-order valence-corrected chi connectivity index (χ0v) is 10.6. The maximum absolute atomic E-state index is 11.6. The smallest absolute Gasteiger partial charge is 0.221 e. The summed E-state index contributed by atoms with van der Waals surface area (Å²) in [4.78, 5) is 11.6. The van der Waals surface area contributed by atoms with Gasteiger partial charge in [0.1, 0.15) is 0 Å². The molecule has 0 bridgehead atoms. The van der Waals surface area contributed by atoms with Crippen LogP contribution in [0.15, 0.2) is 18.5 Å². The van der Waals surface area contributed by atoms with E-state index in [0.717, 1.165) is 12.8 Å². The SMILES string of the molecule is CCC(N)(CC)CNC(=O)CCn1cccn1. The van der Waals surface area contributed by atoms with Crippen LogP contribution in [0.5, 0.6) is 0 Å². The van der Waals surface area contributed by atoms with Gasteiger partial charge in [-0.3, -0.25) is 9.48 Å². The fourth-order valence-corrected chi connectivity index (χ4v) is 1.51. The molecule has 0 aliphatic heterocycles. The molecule has 17 heavy (non-hydrogen) atoms. The summed E-state index contributed by atoms with van der Waals surface area (Å²) in [5, 5.41) is 6.92. The molecule has 0 aromatic carbocycles. The van der Waals surface area contributed by atoms with Gasteiger partial charge in [0, 0.05) is 37.4 Å². The molecule has 0 fully saturated rings. The van der Waals surface area contributed by atoms with Crippen molar-refractivity contribution in [2.24, 2.45) is 5.73 Å². The number of hydrogen-bond acceptors (Lipinski definition) is 3. The van der Waals surface area contributed by atoms with Crippen molar-refractivity contribution < 1.29 is 4.79 Å².